The minimum atomic E-state index is 0.458. The Hall–Kier alpha value is -0.970. The Balaban J connectivity index is 1.83. The van der Waals surface area contributed by atoms with Crippen LogP contribution in [0.2, 0.25) is 0 Å². The smallest absolute Gasteiger partial charge is 0.103 e. The highest BCUT2D eigenvalue weighted by Crippen LogP contribution is 2.15. The molecule has 0 spiro atoms. The summed E-state index contributed by atoms with van der Waals surface area (Å²) in [5.74, 6) is 0.676. The number of hydrogen-bond acceptors (Lipinski definition) is 3. The van der Waals surface area contributed by atoms with Crippen LogP contribution in [0.15, 0.2) is 24.3 Å². The van der Waals surface area contributed by atoms with Crippen molar-refractivity contribution in [2.45, 2.75) is 19.4 Å². The van der Waals surface area contributed by atoms with E-state index in [0.717, 1.165) is 31.9 Å². The molecule has 0 amide bonds. The zero-order valence-electron chi connectivity index (χ0n) is 11.5. The van der Waals surface area contributed by atoms with Crippen molar-refractivity contribution in [1.82, 2.24) is 4.90 Å². The highest BCUT2D eigenvalue weighted by molar-refractivity contribution is 7.80. The SMILES string of the molecule is CN(Cc1ccc(C(N)=S)cc1)CC1CCCOC1. The van der Waals surface area contributed by atoms with Gasteiger partial charge in [-0.25, -0.2) is 0 Å². The number of thiocarbonyl (C=S) groups is 1. The van der Waals surface area contributed by atoms with Crippen LogP contribution in [0.1, 0.15) is 24.0 Å². The second-order valence-electron chi connectivity index (χ2n) is 5.34. The molecular weight excluding hydrogens is 256 g/mol. The van der Waals surface area contributed by atoms with E-state index in [9.17, 15) is 0 Å². The molecule has 1 heterocycles. The monoisotopic (exact) mass is 278 g/mol. The van der Waals surface area contributed by atoms with Gasteiger partial charge in [0.25, 0.3) is 0 Å². The third kappa shape index (κ3) is 4.56. The predicted molar refractivity (Wildman–Crippen MR) is 82.2 cm³/mol. The summed E-state index contributed by atoms with van der Waals surface area (Å²) in [6.07, 6.45) is 2.48. The summed E-state index contributed by atoms with van der Waals surface area (Å²) in [4.78, 5) is 2.81. The van der Waals surface area contributed by atoms with E-state index >= 15 is 0 Å². The van der Waals surface area contributed by atoms with Crippen LogP contribution in [0.5, 0.6) is 0 Å². The number of hydrogen-bond donors (Lipinski definition) is 1. The van der Waals surface area contributed by atoms with Crippen molar-refractivity contribution in [1.29, 1.82) is 0 Å². The summed E-state index contributed by atoms with van der Waals surface area (Å²) in [7, 11) is 2.16. The molecule has 1 aliphatic heterocycles. The van der Waals surface area contributed by atoms with Crippen molar-refractivity contribution in [2.75, 3.05) is 26.8 Å². The minimum absolute atomic E-state index is 0.458. The van der Waals surface area contributed by atoms with Crippen molar-refractivity contribution in [3.05, 3.63) is 35.4 Å². The Morgan fingerprint density at radius 3 is 2.74 bits per heavy atom. The molecule has 0 bridgehead atoms. The molecular formula is C15H22N2OS. The first-order valence-electron chi connectivity index (χ1n) is 6.80. The van der Waals surface area contributed by atoms with E-state index in [1.54, 1.807) is 0 Å². The first-order valence-corrected chi connectivity index (χ1v) is 7.21. The third-order valence-electron chi connectivity index (χ3n) is 3.52. The molecule has 1 aliphatic rings. The van der Waals surface area contributed by atoms with E-state index in [-0.39, 0.29) is 0 Å². The first-order chi connectivity index (χ1) is 9.15. The quantitative estimate of drug-likeness (QED) is 0.838. The number of nitrogens with two attached hydrogens (primary N) is 1. The normalized spacial score (nSPS) is 19.6. The van der Waals surface area contributed by atoms with Gasteiger partial charge in [-0.05, 0) is 31.4 Å². The standard InChI is InChI=1S/C15H22N2OS/c1-17(10-13-3-2-8-18-11-13)9-12-4-6-14(7-5-12)15(16)19/h4-7,13H,2-3,8-11H2,1H3,(H2,16,19). The topological polar surface area (TPSA) is 38.5 Å². The molecule has 1 fully saturated rings. The molecule has 0 aromatic heterocycles. The summed E-state index contributed by atoms with van der Waals surface area (Å²) in [6, 6.07) is 8.19. The van der Waals surface area contributed by atoms with E-state index in [1.165, 1.54) is 18.4 Å². The Labute approximate surface area is 120 Å². The van der Waals surface area contributed by atoms with Gasteiger partial charge in [-0.3, -0.25) is 0 Å². The fourth-order valence-electron chi connectivity index (χ4n) is 2.54. The van der Waals surface area contributed by atoms with Gasteiger partial charge in [-0.1, -0.05) is 36.5 Å². The van der Waals surface area contributed by atoms with Gasteiger partial charge in [0, 0.05) is 25.3 Å². The number of rotatable bonds is 5. The maximum Gasteiger partial charge on any atom is 0.103 e. The van der Waals surface area contributed by atoms with Crippen molar-refractivity contribution >= 4 is 17.2 Å². The summed E-state index contributed by atoms with van der Waals surface area (Å²) >= 11 is 4.95. The van der Waals surface area contributed by atoms with Crippen LogP contribution in [0, 0.1) is 5.92 Å². The average molecular weight is 278 g/mol. The van der Waals surface area contributed by atoms with E-state index in [0.29, 0.717) is 10.9 Å². The highest BCUT2D eigenvalue weighted by atomic mass is 32.1. The van der Waals surface area contributed by atoms with Crippen LogP contribution < -0.4 is 5.73 Å². The van der Waals surface area contributed by atoms with Gasteiger partial charge in [0.15, 0.2) is 0 Å². The maximum absolute atomic E-state index is 5.60. The molecule has 19 heavy (non-hydrogen) atoms. The van der Waals surface area contributed by atoms with Gasteiger partial charge in [-0.15, -0.1) is 0 Å². The average Bonchev–Trinajstić information content (AvgIpc) is 2.40. The Morgan fingerprint density at radius 2 is 2.16 bits per heavy atom. The van der Waals surface area contributed by atoms with Crippen molar-refractivity contribution < 1.29 is 4.74 Å². The molecule has 3 nitrogen and oxygen atoms in total. The second-order valence-corrected chi connectivity index (χ2v) is 5.78. The zero-order valence-corrected chi connectivity index (χ0v) is 12.3. The van der Waals surface area contributed by atoms with E-state index in [2.05, 4.69) is 24.1 Å². The number of benzene rings is 1. The summed E-state index contributed by atoms with van der Waals surface area (Å²) < 4.78 is 5.52. The molecule has 4 heteroatoms. The molecule has 2 rings (SSSR count). The van der Waals surface area contributed by atoms with Crippen LogP contribution in [-0.4, -0.2) is 36.7 Å². The molecule has 1 aromatic carbocycles. The lowest BCUT2D eigenvalue weighted by Crippen LogP contribution is -2.30. The van der Waals surface area contributed by atoms with Gasteiger partial charge < -0.3 is 15.4 Å². The third-order valence-corrected chi connectivity index (χ3v) is 3.75. The van der Waals surface area contributed by atoms with Crippen LogP contribution in [0.3, 0.4) is 0 Å². The number of nitrogens with zero attached hydrogens (tertiary/aromatic N) is 1. The molecule has 1 unspecified atom stereocenters. The van der Waals surface area contributed by atoms with Gasteiger partial charge >= 0.3 is 0 Å². The first kappa shape index (κ1) is 14.4. The largest absolute Gasteiger partial charge is 0.389 e. The van der Waals surface area contributed by atoms with Gasteiger partial charge in [0.1, 0.15) is 4.99 Å². The van der Waals surface area contributed by atoms with Crippen molar-refractivity contribution in [3.8, 4) is 0 Å². The molecule has 2 N–H and O–H groups in total. The number of ether oxygens (including phenoxy) is 1. The summed E-state index contributed by atoms with van der Waals surface area (Å²) in [6.45, 7) is 3.89. The fraction of sp³-hybridized carbons (Fsp3) is 0.533. The summed E-state index contributed by atoms with van der Waals surface area (Å²) in [5, 5.41) is 0. The molecule has 0 aliphatic carbocycles. The molecule has 1 saturated heterocycles. The second kappa shape index (κ2) is 6.98. The Kier molecular flexibility index (Phi) is 5.31. The molecule has 1 atom stereocenters. The van der Waals surface area contributed by atoms with E-state index in [1.807, 2.05) is 12.1 Å². The lowest BCUT2D eigenvalue weighted by atomic mass is 10.0. The Morgan fingerprint density at radius 1 is 1.42 bits per heavy atom. The van der Waals surface area contributed by atoms with Gasteiger partial charge in [0.2, 0.25) is 0 Å². The van der Waals surface area contributed by atoms with Gasteiger partial charge in [0.05, 0.1) is 6.61 Å². The fourth-order valence-corrected chi connectivity index (χ4v) is 2.68. The molecule has 0 radical (unpaired) electrons. The van der Waals surface area contributed by atoms with Crippen LogP contribution in [0.25, 0.3) is 0 Å². The molecule has 104 valence electrons. The minimum Gasteiger partial charge on any atom is -0.389 e. The van der Waals surface area contributed by atoms with Crippen LogP contribution >= 0.6 is 12.2 Å². The van der Waals surface area contributed by atoms with Gasteiger partial charge in [-0.2, -0.15) is 0 Å². The van der Waals surface area contributed by atoms with Crippen molar-refractivity contribution in [2.24, 2.45) is 11.7 Å². The molecule has 1 aromatic rings. The lowest BCUT2D eigenvalue weighted by molar-refractivity contribution is 0.0411. The molecule has 0 saturated carbocycles. The van der Waals surface area contributed by atoms with E-state index < -0.39 is 0 Å². The lowest BCUT2D eigenvalue weighted by Gasteiger charge is -2.27. The predicted octanol–water partition coefficient (Wildman–Crippen LogP) is 2.18. The van der Waals surface area contributed by atoms with Crippen LogP contribution in [0.4, 0.5) is 0 Å². The van der Waals surface area contributed by atoms with Crippen molar-refractivity contribution in [3.63, 3.8) is 0 Å². The Bertz CT molecular complexity index is 413. The zero-order chi connectivity index (χ0) is 13.7. The summed E-state index contributed by atoms with van der Waals surface area (Å²) in [5.41, 5.74) is 7.82. The maximum atomic E-state index is 5.60. The highest BCUT2D eigenvalue weighted by Gasteiger charge is 2.15. The van der Waals surface area contributed by atoms with E-state index in [4.69, 9.17) is 22.7 Å². The van der Waals surface area contributed by atoms with Crippen LogP contribution in [-0.2, 0) is 11.3 Å².